The van der Waals surface area contributed by atoms with Crippen LogP contribution >= 0.6 is 24.2 Å². The maximum atomic E-state index is 13.2. The monoisotopic (exact) mass is 354 g/mol. The van der Waals surface area contributed by atoms with E-state index in [4.69, 9.17) is 0 Å². The lowest BCUT2D eigenvalue weighted by Crippen LogP contribution is -2.29. The summed E-state index contributed by atoms with van der Waals surface area (Å²) in [5, 5.41) is 5.58. The highest BCUT2D eigenvalue weighted by Gasteiger charge is 2.20. The van der Waals surface area contributed by atoms with Crippen molar-refractivity contribution in [1.82, 2.24) is 5.32 Å². The fraction of sp³-hybridized carbons (Fsp3) is 0.500. The SMILES string of the molecule is Cl.O=C(CNCC1CC1)Nc1cc(F)ccc1SCC(F)F. The Balaban J connectivity index is 0.00000242. The normalized spacial score (nSPS) is 13.8. The van der Waals surface area contributed by atoms with Gasteiger partial charge in [0.2, 0.25) is 12.3 Å². The number of anilines is 1. The van der Waals surface area contributed by atoms with Gasteiger partial charge in [0.05, 0.1) is 18.0 Å². The Bertz CT molecular complexity index is 501. The van der Waals surface area contributed by atoms with Gasteiger partial charge in [0, 0.05) is 4.90 Å². The molecule has 124 valence electrons. The molecule has 0 bridgehead atoms. The predicted octanol–water partition coefficient (Wildman–Crippen LogP) is 3.54. The van der Waals surface area contributed by atoms with Crippen molar-refractivity contribution >= 4 is 35.8 Å². The van der Waals surface area contributed by atoms with Crippen molar-refractivity contribution in [2.75, 3.05) is 24.2 Å². The molecule has 22 heavy (non-hydrogen) atoms. The minimum Gasteiger partial charge on any atom is -0.324 e. The molecule has 8 heteroatoms. The van der Waals surface area contributed by atoms with E-state index >= 15 is 0 Å². The second-order valence-corrected chi connectivity index (χ2v) is 6.03. The van der Waals surface area contributed by atoms with Crippen molar-refractivity contribution in [2.24, 2.45) is 5.92 Å². The van der Waals surface area contributed by atoms with Crippen LogP contribution in [0.15, 0.2) is 23.1 Å². The highest BCUT2D eigenvalue weighted by atomic mass is 35.5. The number of halogens is 4. The Morgan fingerprint density at radius 2 is 2.09 bits per heavy atom. The number of benzene rings is 1. The number of thioether (sulfide) groups is 1. The van der Waals surface area contributed by atoms with Gasteiger partial charge in [-0.15, -0.1) is 24.2 Å². The topological polar surface area (TPSA) is 41.1 Å². The average molecular weight is 355 g/mol. The summed E-state index contributed by atoms with van der Waals surface area (Å²) < 4.78 is 37.7. The number of hydrogen-bond donors (Lipinski definition) is 2. The molecule has 1 amide bonds. The van der Waals surface area contributed by atoms with Crippen LogP contribution in [0.4, 0.5) is 18.9 Å². The van der Waals surface area contributed by atoms with Gasteiger partial charge in [-0.25, -0.2) is 13.2 Å². The standard InChI is InChI=1S/C14H17F3N2OS.ClH/c15-10-3-4-12(21-8-13(16)17)11(5-10)19-14(20)7-18-6-9-1-2-9;/h3-5,9,13,18H,1-2,6-8H2,(H,19,20);1H. The Labute approximate surface area is 137 Å². The van der Waals surface area contributed by atoms with Crippen LogP contribution in [0.25, 0.3) is 0 Å². The van der Waals surface area contributed by atoms with E-state index in [1.54, 1.807) is 0 Å². The summed E-state index contributed by atoms with van der Waals surface area (Å²) in [7, 11) is 0. The van der Waals surface area contributed by atoms with Gasteiger partial charge >= 0.3 is 0 Å². The van der Waals surface area contributed by atoms with Gasteiger partial charge in [0.1, 0.15) is 5.82 Å². The summed E-state index contributed by atoms with van der Waals surface area (Å²) in [6.07, 6.45) is -0.0799. The van der Waals surface area contributed by atoms with E-state index in [1.165, 1.54) is 25.0 Å². The molecule has 0 spiro atoms. The number of carbonyl (C=O) groups is 1. The first-order valence-corrected chi connectivity index (χ1v) is 7.74. The molecule has 0 atom stereocenters. The third-order valence-corrected chi connectivity index (χ3v) is 4.08. The largest absolute Gasteiger partial charge is 0.324 e. The molecule has 2 N–H and O–H groups in total. The summed E-state index contributed by atoms with van der Waals surface area (Å²) in [6, 6.07) is 3.73. The molecule has 3 nitrogen and oxygen atoms in total. The highest BCUT2D eigenvalue weighted by Crippen LogP contribution is 2.29. The fourth-order valence-corrected chi connectivity index (χ4v) is 2.52. The van der Waals surface area contributed by atoms with Crippen LogP contribution < -0.4 is 10.6 Å². The molecule has 1 aromatic rings. The molecule has 1 aliphatic carbocycles. The maximum Gasteiger partial charge on any atom is 0.247 e. The minimum absolute atomic E-state index is 0. The number of amides is 1. The summed E-state index contributed by atoms with van der Waals surface area (Å²) in [5.41, 5.74) is 0.235. The predicted molar refractivity (Wildman–Crippen MR) is 84.6 cm³/mol. The van der Waals surface area contributed by atoms with Crippen LogP contribution in [-0.2, 0) is 4.79 Å². The van der Waals surface area contributed by atoms with Gasteiger partial charge in [-0.2, -0.15) is 0 Å². The third-order valence-electron chi connectivity index (χ3n) is 3.00. The molecule has 0 radical (unpaired) electrons. The molecule has 1 fully saturated rings. The molecule has 2 rings (SSSR count). The van der Waals surface area contributed by atoms with E-state index in [2.05, 4.69) is 10.6 Å². The molecule has 1 aliphatic rings. The molecule has 1 saturated carbocycles. The Hall–Kier alpha value is -0.920. The highest BCUT2D eigenvalue weighted by molar-refractivity contribution is 7.99. The first-order valence-electron chi connectivity index (χ1n) is 6.75. The first-order chi connectivity index (χ1) is 10.0. The van der Waals surface area contributed by atoms with Crippen LogP contribution in [-0.4, -0.2) is 31.2 Å². The smallest absolute Gasteiger partial charge is 0.247 e. The number of alkyl halides is 2. The van der Waals surface area contributed by atoms with E-state index in [1.807, 2.05) is 0 Å². The Kier molecular flexibility index (Phi) is 8.06. The molecular weight excluding hydrogens is 337 g/mol. The molecule has 0 saturated heterocycles. The van der Waals surface area contributed by atoms with Crippen LogP contribution in [0.5, 0.6) is 0 Å². The minimum atomic E-state index is -2.45. The van der Waals surface area contributed by atoms with Gasteiger partial charge in [0.25, 0.3) is 0 Å². The maximum absolute atomic E-state index is 13.2. The average Bonchev–Trinajstić information content (AvgIpc) is 3.21. The molecule has 1 aromatic carbocycles. The second-order valence-electron chi connectivity index (χ2n) is 4.97. The van der Waals surface area contributed by atoms with E-state index in [-0.39, 0.29) is 30.5 Å². The fourth-order valence-electron chi connectivity index (χ4n) is 1.78. The van der Waals surface area contributed by atoms with Crippen molar-refractivity contribution in [3.63, 3.8) is 0 Å². The van der Waals surface area contributed by atoms with Crippen molar-refractivity contribution in [1.29, 1.82) is 0 Å². The summed E-state index contributed by atoms with van der Waals surface area (Å²) in [5.74, 6) is -0.559. The van der Waals surface area contributed by atoms with Crippen molar-refractivity contribution in [3.05, 3.63) is 24.0 Å². The van der Waals surface area contributed by atoms with Gasteiger partial charge < -0.3 is 10.6 Å². The van der Waals surface area contributed by atoms with E-state index in [9.17, 15) is 18.0 Å². The number of carbonyl (C=O) groups excluding carboxylic acids is 1. The van der Waals surface area contributed by atoms with Crippen molar-refractivity contribution < 1.29 is 18.0 Å². The van der Waals surface area contributed by atoms with Gasteiger partial charge in [-0.1, -0.05) is 0 Å². The summed E-state index contributed by atoms with van der Waals surface area (Å²) in [4.78, 5) is 12.2. The van der Waals surface area contributed by atoms with E-state index in [0.29, 0.717) is 10.8 Å². The van der Waals surface area contributed by atoms with Crippen LogP contribution in [0.2, 0.25) is 0 Å². The number of hydrogen-bond acceptors (Lipinski definition) is 3. The zero-order valence-corrected chi connectivity index (χ0v) is 13.4. The Morgan fingerprint density at radius 1 is 1.36 bits per heavy atom. The van der Waals surface area contributed by atoms with Gasteiger partial charge in [0.15, 0.2) is 0 Å². The van der Waals surface area contributed by atoms with Gasteiger partial charge in [-0.3, -0.25) is 4.79 Å². The van der Waals surface area contributed by atoms with Gasteiger partial charge in [-0.05, 0) is 43.5 Å². The van der Waals surface area contributed by atoms with Crippen molar-refractivity contribution in [2.45, 2.75) is 24.2 Å². The molecule has 0 aliphatic heterocycles. The molecule has 0 heterocycles. The van der Waals surface area contributed by atoms with E-state index in [0.717, 1.165) is 24.4 Å². The van der Waals surface area contributed by atoms with E-state index < -0.39 is 18.0 Å². The lowest BCUT2D eigenvalue weighted by atomic mass is 10.3. The third kappa shape index (κ3) is 6.89. The van der Waals surface area contributed by atoms with Crippen LogP contribution in [0.3, 0.4) is 0 Å². The zero-order chi connectivity index (χ0) is 15.2. The van der Waals surface area contributed by atoms with Crippen LogP contribution in [0.1, 0.15) is 12.8 Å². The van der Waals surface area contributed by atoms with Crippen molar-refractivity contribution in [3.8, 4) is 0 Å². The lowest BCUT2D eigenvalue weighted by molar-refractivity contribution is -0.115. The Morgan fingerprint density at radius 3 is 2.73 bits per heavy atom. The molecular formula is C14H18ClF3N2OS. The first kappa shape index (κ1) is 19.1. The van der Waals surface area contributed by atoms with Crippen LogP contribution in [0, 0.1) is 11.7 Å². The zero-order valence-electron chi connectivity index (χ0n) is 11.8. The quantitative estimate of drug-likeness (QED) is 0.701. The molecule has 0 aromatic heterocycles. The number of rotatable bonds is 8. The molecule has 0 unspecified atom stereocenters. The number of nitrogens with one attached hydrogen (secondary N) is 2. The summed E-state index contributed by atoms with van der Waals surface area (Å²) in [6.45, 7) is 0.926. The summed E-state index contributed by atoms with van der Waals surface area (Å²) >= 11 is 0.893. The second kappa shape index (κ2) is 9.27. The lowest BCUT2D eigenvalue weighted by Gasteiger charge is -2.11.